The Balaban J connectivity index is 1.92. The molecular formula is C16H18FNO4S3. The van der Waals surface area contributed by atoms with E-state index in [-0.39, 0.29) is 5.75 Å². The summed E-state index contributed by atoms with van der Waals surface area (Å²) in [6, 6.07) is 6.81. The highest BCUT2D eigenvalue weighted by atomic mass is 32.2. The first-order valence-corrected chi connectivity index (χ1v) is 11.9. The topological polar surface area (TPSA) is 80.3 Å². The van der Waals surface area contributed by atoms with Gasteiger partial charge in [-0.05, 0) is 36.1 Å². The van der Waals surface area contributed by atoms with Crippen molar-refractivity contribution in [1.82, 2.24) is 5.32 Å². The lowest BCUT2D eigenvalue weighted by Crippen LogP contribution is -2.43. The number of nitrogens with one attached hydrogen (secondary N) is 1. The van der Waals surface area contributed by atoms with Gasteiger partial charge in [0.1, 0.15) is 10.7 Å². The second-order valence-corrected chi connectivity index (χ2v) is 11.5. The number of hydrogen-bond donors (Lipinski definition) is 1. The molecule has 2 aromatic rings. The molecule has 1 aromatic carbocycles. The van der Waals surface area contributed by atoms with Gasteiger partial charge in [-0.15, -0.1) is 11.3 Å². The zero-order chi connectivity index (χ0) is 18.2. The first-order chi connectivity index (χ1) is 11.7. The predicted molar refractivity (Wildman–Crippen MR) is 95.7 cm³/mol. The number of sulfone groups is 2. The minimum atomic E-state index is -4.12. The number of hydrogen-bond acceptors (Lipinski definition) is 6. The normalized spacial score (nSPS) is 23.0. The van der Waals surface area contributed by atoms with Gasteiger partial charge in [-0.3, -0.25) is 0 Å². The van der Waals surface area contributed by atoms with Crippen molar-refractivity contribution in [3.8, 4) is 0 Å². The third-order valence-corrected chi connectivity index (χ3v) is 9.25. The highest BCUT2D eigenvalue weighted by Gasteiger charge is 2.46. The Kier molecular flexibility index (Phi) is 5.02. The first kappa shape index (κ1) is 18.5. The van der Waals surface area contributed by atoms with Gasteiger partial charge < -0.3 is 5.32 Å². The maximum absolute atomic E-state index is 14.1. The van der Waals surface area contributed by atoms with Crippen LogP contribution in [0.4, 0.5) is 4.39 Å². The lowest BCUT2D eigenvalue weighted by atomic mass is 10.2. The van der Waals surface area contributed by atoms with Crippen molar-refractivity contribution in [2.75, 3.05) is 11.5 Å². The molecule has 1 N–H and O–H groups in total. The smallest absolute Gasteiger partial charge is 0.186 e. The van der Waals surface area contributed by atoms with Gasteiger partial charge >= 0.3 is 0 Å². The molecule has 1 aliphatic heterocycles. The van der Waals surface area contributed by atoms with E-state index in [1.54, 1.807) is 6.92 Å². The quantitative estimate of drug-likeness (QED) is 0.825. The minimum Gasteiger partial charge on any atom is -0.307 e. The molecule has 1 aliphatic rings. The van der Waals surface area contributed by atoms with Crippen LogP contribution in [0.5, 0.6) is 0 Å². The maximum Gasteiger partial charge on any atom is 0.186 e. The summed E-state index contributed by atoms with van der Waals surface area (Å²) in [5.41, 5.74) is 0.601. The predicted octanol–water partition coefficient (Wildman–Crippen LogP) is 1.92. The van der Waals surface area contributed by atoms with E-state index in [9.17, 15) is 21.2 Å². The van der Waals surface area contributed by atoms with Crippen LogP contribution in [0.1, 0.15) is 10.4 Å². The van der Waals surface area contributed by atoms with Crippen LogP contribution in [0.15, 0.2) is 40.6 Å². The summed E-state index contributed by atoms with van der Waals surface area (Å²) in [6.07, 6.45) is 0. The first-order valence-electron chi connectivity index (χ1n) is 7.65. The molecule has 136 valence electrons. The van der Waals surface area contributed by atoms with E-state index < -0.39 is 47.4 Å². The van der Waals surface area contributed by atoms with Crippen LogP contribution in [0, 0.1) is 12.7 Å². The fourth-order valence-electron chi connectivity index (χ4n) is 2.95. The van der Waals surface area contributed by atoms with E-state index in [0.29, 0.717) is 12.1 Å². The summed E-state index contributed by atoms with van der Waals surface area (Å²) in [6.45, 7) is 2.04. The van der Waals surface area contributed by atoms with Crippen molar-refractivity contribution >= 4 is 31.0 Å². The van der Waals surface area contributed by atoms with Crippen molar-refractivity contribution in [2.24, 2.45) is 0 Å². The molecule has 0 spiro atoms. The molecule has 25 heavy (non-hydrogen) atoms. The summed E-state index contributed by atoms with van der Waals surface area (Å²) >= 11 is 1.49. The highest BCUT2D eigenvalue weighted by molar-refractivity contribution is 7.96. The van der Waals surface area contributed by atoms with Gasteiger partial charge in [-0.25, -0.2) is 21.2 Å². The summed E-state index contributed by atoms with van der Waals surface area (Å²) in [7, 11) is -7.63. The molecular weight excluding hydrogens is 385 g/mol. The standard InChI is InChI=1S/C16H18FNO4S3/c1-11-4-5-13(17)15(7-11)25(21,22)16-10-24(19,20)9-14(16)18-8-12-3-2-6-23-12/h2-7,14,16,18H,8-10H2,1H3/t14-,16-/m0/s1. The van der Waals surface area contributed by atoms with E-state index >= 15 is 0 Å². The van der Waals surface area contributed by atoms with Crippen molar-refractivity contribution in [2.45, 2.75) is 29.7 Å². The van der Waals surface area contributed by atoms with E-state index in [1.165, 1.54) is 23.5 Å². The van der Waals surface area contributed by atoms with Gasteiger partial charge in [0.25, 0.3) is 0 Å². The highest BCUT2D eigenvalue weighted by Crippen LogP contribution is 2.28. The van der Waals surface area contributed by atoms with Gasteiger partial charge in [0.15, 0.2) is 19.7 Å². The third kappa shape index (κ3) is 3.94. The van der Waals surface area contributed by atoms with Crippen LogP contribution in [0.2, 0.25) is 0 Å². The van der Waals surface area contributed by atoms with Gasteiger partial charge in [0, 0.05) is 17.5 Å². The second-order valence-electron chi connectivity index (χ2n) is 6.16. The molecule has 0 unspecified atom stereocenters. The number of rotatable bonds is 5. The van der Waals surface area contributed by atoms with E-state index in [0.717, 1.165) is 10.9 Å². The van der Waals surface area contributed by atoms with Crippen molar-refractivity contribution in [1.29, 1.82) is 0 Å². The van der Waals surface area contributed by atoms with Crippen LogP contribution in [0.25, 0.3) is 0 Å². The molecule has 0 radical (unpaired) electrons. The van der Waals surface area contributed by atoms with E-state index in [1.807, 2.05) is 17.5 Å². The zero-order valence-electron chi connectivity index (χ0n) is 13.5. The molecule has 1 aromatic heterocycles. The maximum atomic E-state index is 14.1. The summed E-state index contributed by atoms with van der Waals surface area (Å²) in [5.74, 6) is -1.62. The average Bonchev–Trinajstić information content (AvgIpc) is 3.14. The Morgan fingerprint density at radius 2 is 2.04 bits per heavy atom. The van der Waals surface area contributed by atoms with Gasteiger partial charge in [-0.2, -0.15) is 0 Å². The Labute approximate surface area is 150 Å². The molecule has 2 atom stereocenters. The Bertz CT molecular complexity index is 969. The molecule has 1 saturated heterocycles. The summed E-state index contributed by atoms with van der Waals surface area (Å²) in [5, 5.41) is 3.72. The lowest BCUT2D eigenvalue weighted by Gasteiger charge is -2.20. The van der Waals surface area contributed by atoms with Gasteiger partial charge in [-0.1, -0.05) is 12.1 Å². The fraction of sp³-hybridized carbons (Fsp3) is 0.375. The Hall–Kier alpha value is -1.29. The lowest BCUT2D eigenvalue weighted by molar-refractivity contribution is 0.520. The van der Waals surface area contributed by atoms with Crippen LogP contribution in [-0.4, -0.2) is 39.6 Å². The molecule has 0 aliphatic carbocycles. The van der Waals surface area contributed by atoms with Gasteiger partial charge in [0.2, 0.25) is 0 Å². The monoisotopic (exact) mass is 403 g/mol. The molecule has 1 fully saturated rings. The Morgan fingerprint density at radius 1 is 1.28 bits per heavy atom. The fourth-order valence-corrected chi connectivity index (χ4v) is 8.47. The SMILES string of the molecule is Cc1ccc(F)c(S(=O)(=O)[C@H]2CS(=O)(=O)C[C@@H]2NCc2cccs2)c1. The van der Waals surface area contributed by atoms with Gasteiger partial charge in [0.05, 0.1) is 16.8 Å². The Morgan fingerprint density at radius 3 is 2.72 bits per heavy atom. The molecule has 0 amide bonds. The molecule has 5 nitrogen and oxygen atoms in total. The molecule has 0 saturated carbocycles. The number of aryl methyl sites for hydroxylation is 1. The summed E-state index contributed by atoms with van der Waals surface area (Å²) in [4.78, 5) is 0.541. The third-order valence-electron chi connectivity index (χ3n) is 4.21. The van der Waals surface area contributed by atoms with Crippen LogP contribution in [-0.2, 0) is 26.2 Å². The molecule has 0 bridgehead atoms. The van der Waals surface area contributed by atoms with E-state index in [2.05, 4.69) is 5.32 Å². The van der Waals surface area contributed by atoms with Crippen molar-refractivity contribution in [3.63, 3.8) is 0 Å². The van der Waals surface area contributed by atoms with E-state index in [4.69, 9.17) is 0 Å². The summed E-state index contributed by atoms with van der Waals surface area (Å²) < 4.78 is 64.0. The van der Waals surface area contributed by atoms with Crippen LogP contribution >= 0.6 is 11.3 Å². The largest absolute Gasteiger partial charge is 0.307 e. The van der Waals surface area contributed by atoms with Crippen molar-refractivity contribution in [3.05, 3.63) is 52.0 Å². The average molecular weight is 404 g/mol. The number of benzene rings is 1. The van der Waals surface area contributed by atoms with Crippen LogP contribution < -0.4 is 5.32 Å². The number of thiophene rings is 1. The number of halogens is 1. The molecule has 3 rings (SSSR count). The van der Waals surface area contributed by atoms with Crippen molar-refractivity contribution < 1.29 is 21.2 Å². The minimum absolute atomic E-state index is 0.268. The zero-order valence-corrected chi connectivity index (χ0v) is 15.9. The van der Waals surface area contributed by atoms with Crippen LogP contribution in [0.3, 0.4) is 0 Å². The molecule has 2 heterocycles. The molecule has 9 heteroatoms. The second kappa shape index (κ2) is 6.79.